The van der Waals surface area contributed by atoms with Crippen molar-refractivity contribution in [2.45, 2.75) is 71.1 Å². The number of carbonyl (C=O) groups is 1. The number of nitrogens with zero attached hydrogens (tertiary/aromatic N) is 1. The zero-order valence-electron chi connectivity index (χ0n) is 12.5. The molecule has 0 spiro atoms. The predicted octanol–water partition coefficient (Wildman–Crippen LogP) is 1.36. The molecule has 106 valence electrons. The average molecular weight is 255 g/mol. The Kier molecular flexibility index (Phi) is 6.09. The fourth-order valence-corrected chi connectivity index (χ4v) is 2.75. The highest BCUT2D eigenvalue weighted by atomic mass is 16.2. The van der Waals surface area contributed by atoms with Crippen LogP contribution in [0.3, 0.4) is 0 Å². The van der Waals surface area contributed by atoms with E-state index in [2.05, 4.69) is 22.5 Å². The fourth-order valence-electron chi connectivity index (χ4n) is 2.75. The highest BCUT2D eigenvalue weighted by Crippen LogP contribution is 2.22. The summed E-state index contributed by atoms with van der Waals surface area (Å²) in [7, 11) is 2.00. The maximum Gasteiger partial charge on any atom is 0.237 e. The normalized spacial score (nSPS) is 24.9. The molecule has 3 unspecified atom stereocenters. The Bertz CT molecular complexity index is 268. The van der Waals surface area contributed by atoms with E-state index in [9.17, 15) is 4.79 Å². The molecule has 0 radical (unpaired) electrons. The summed E-state index contributed by atoms with van der Waals surface area (Å²) in [4.78, 5) is 14.5. The van der Waals surface area contributed by atoms with Gasteiger partial charge in [0.15, 0.2) is 0 Å². The molecule has 18 heavy (non-hydrogen) atoms. The summed E-state index contributed by atoms with van der Waals surface area (Å²) in [6, 6.07) is 1.08. The van der Waals surface area contributed by atoms with Crippen LogP contribution in [0.15, 0.2) is 0 Å². The van der Waals surface area contributed by atoms with Gasteiger partial charge in [0.05, 0.1) is 6.04 Å². The van der Waals surface area contributed by atoms with Crippen molar-refractivity contribution < 1.29 is 4.79 Å². The van der Waals surface area contributed by atoms with E-state index in [0.717, 1.165) is 6.54 Å². The summed E-state index contributed by atoms with van der Waals surface area (Å²) >= 11 is 0. The SMILES string of the molecule is CNC(C)C1CCCCN1C(C)C(=O)NC(C)C. The average Bonchev–Trinajstić information content (AvgIpc) is 2.36. The first-order valence-corrected chi connectivity index (χ1v) is 7.20. The lowest BCUT2D eigenvalue weighted by Crippen LogP contribution is -2.57. The summed E-state index contributed by atoms with van der Waals surface area (Å²) in [5.41, 5.74) is 0. The number of piperidine rings is 1. The summed E-state index contributed by atoms with van der Waals surface area (Å²) in [6.45, 7) is 9.28. The molecule has 1 aliphatic heterocycles. The lowest BCUT2D eigenvalue weighted by Gasteiger charge is -2.42. The first-order valence-electron chi connectivity index (χ1n) is 7.20. The van der Waals surface area contributed by atoms with E-state index in [1.165, 1.54) is 19.3 Å². The minimum absolute atomic E-state index is 0.0338. The minimum atomic E-state index is -0.0338. The van der Waals surface area contributed by atoms with Gasteiger partial charge in [0.1, 0.15) is 0 Å². The Labute approximate surface area is 111 Å². The topological polar surface area (TPSA) is 44.4 Å². The summed E-state index contributed by atoms with van der Waals surface area (Å²) in [5, 5.41) is 6.34. The second kappa shape index (κ2) is 7.10. The summed E-state index contributed by atoms with van der Waals surface area (Å²) < 4.78 is 0. The maximum atomic E-state index is 12.1. The van der Waals surface area contributed by atoms with Gasteiger partial charge in [0, 0.05) is 18.1 Å². The van der Waals surface area contributed by atoms with Crippen LogP contribution in [0, 0.1) is 0 Å². The molecule has 4 heteroatoms. The fraction of sp³-hybridized carbons (Fsp3) is 0.929. The van der Waals surface area contributed by atoms with E-state index in [0.29, 0.717) is 12.1 Å². The number of nitrogens with one attached hydrogen (secondary N) is 2. The molecule has 4 nitrogen and oxygen atoms in total. The number of likely N-dealkylation sites (N-methyl/N-ethyl adjacent to an activating group) is 1. The van der Waals surface area contributed by atoms with Crippen molar-refractivity contribution in [3.05, 3.63) is 0 Å². The van der Waals surface area contributed by atoms with Gasteiger partial charge in [-0.2, -0.15) is 0 Å². The Morgan fingerprint density at radius 2 is 1.89 bits per heavy atom. The quantitative estimate of drug-likeness (QED) is 0.780. The third-order valence-corrected chi connectivity index (χ3v) is 3.93. The van der Waals surface area contributed by atoms with Crippen molar-refractivity contribution in [3.8, 4) is 0 Å². The van der Waals surface area contributed by atoms with E-state index in [4.69, 9.17) is 0 Å². The molecule has 0 aromatic heterocycles. The molecule has 0 aromatic rings. The standard InChI is InChI=1S/C14H29N3O/c1-10(2)16-14(18)12(4)17-9-7-6-8-13(17)11(3)15-5/h10-13,15H,6-9H2,1-5H3,(H,16,18). The lowest BCUT2D eigenvalue weighted by molar-refractivity contribution is -0.128. The summed E-state index contributed by atoms with van der Waals surface area (Å²) in [5.74, 6) is 0.153. The van der Waals surface area contributed by atoms with Crippen LogP contribution in [0.2, 0.25) is 0 Å². The van der Waals surface area contributed by atoms with Crippen LogP contribution in [0.5, 0.6) is 0 Å². The van der Waals surface area contributed by atoms with Crippen LogP contribution in [0.1, 0.15) is 47.0 Å². The second-order valence-electron chi connectivity index (χ2n) is 5.72. The van der Waals surface area contributed by atoms with Crippen molar-refractivity contribution in [1.29, 1.82) is 0 Å². The Hall–Kier alpha value is -0.610. The number of likely N-dealkylation sites (tertiary alicyclic amines) is 1. The van der Waals surface area contributed by atoms with Crippen LogP contribution in [0.4, 0.5) is 0 Å². The molecule has 0 bridgehead atoms. The van der Waals surface area contributed by atoms with Crippen LogP contribution in [0.25, 0.3) is 0 Å². The molecule has 0 aromatic carbocycles. The number of carbonyl (C=O) groups excluding carboxylic acids is 1. The van der Waals surface area contributed by atoms with Gasteiger partial charge >= 0.3 is 0 Å². The molecule has 2 N–H and O–H groups in total. The van der Waals surface area contributed by atoms with Crippen molar-refractivity contribution in [2.75, 3.05) is 13.6 Å². The van der Waals surface area contributed by atoms with Crippen LogP contribution < -0.4 is 10.6 Å². The van der Waals surface area contributed by atoms with Crippen LogP contribution in [-0.2, 0) is 4.79 Å². The van der Waals surface area contributed by atoms with E-state index < -0.39 is 0 Å². The number of rotatable bonds is 5. The monoisotopic (exact) mass is 255 g/mol. The maximum absolute atomic E-state index is 12.1. The Morgan fingerprint density at radius 3 is 2.44 bits per heavy atom. The molecular weight excluding hydrogens is 226 g/mol. The third-order valence-electron chi connectivity index (χ3n) is 3.93. The summed E-state index contributed by atoms with van der Waals surface area (Å²) in [6.07, 6.45) is 3.65. The third kappa shape index (κ3) is 3.95. The molecule has 1 saturated heterocycles. The van der Waals surface area contributed by atoms with Crippen molar-refractivity contribution in [3.63, 3.8) is 0 Å². The molecule has 1 rings (SSSR count). The van der Waals surface area contributed by atoms with E-state index in [1.54, 1.807) is 0 Å². The number of amides is 1. The van der Waals surface area contributed by atoms with Gasteiger partial charge in [-0.05, 0) is 54.1 Å². The zero-order valence-corrected chi connectivity index (χ0v) is 12.5. The highest BCUT2D eigenvalue weighted by Gasteiger charge is 2.32. The lowest BCUT2D eigenvalue weighted by atomic mass is 9.94. The van der Waals surface area contributed by atoms with Crippen LogP contribution >= 0.6 is 0 Å². The van der Waals surface area contributed by atoms with Gasteiger partial charge in [-0.15, -0.1) is 0 Å². The van der Waals surface area contributed by atoms with Gasteiger partial charge in [-0.3, -0.25) is 9.69 Å². The van der Waals surface area contributed by atoms with E-state index in [-0.39, 0.29) is 18.0 Å². The molecular formula is C14H29N3O. The molecule has 3 atom stereocenters. The molecule has 1 fully saturated rings. The number of hydrogen-bond acceptors (Lipinski definition) is 3. The molecule has 0 saturated carbocycles. The van der Waals surface area contributed by atoms with Gasteiger partial charge in [-0.25, -0.2) is 0 Å². The first kappa shape index (κ1) is 15.4. The molecule has 1 heterocycles. The van der Waals surface area contributed by atoms with Crippen molar-refractivity contribution in [2.24, 2.45) is 0 Å². The van der Waals surface area contributed by atoms with E-state index >= 15 is 0 Å². The zero-order chi connectivity index (χ0) is 13.7. The van der Waals surface area contributed by atoms with Gasteiger partial charge in [0.25, 0.3) is 0 Å². The number of hydrogen-bond donors (Lipinski definition) is 2. The predicted molar refractivity (Wildman–Crippen MR) is 75.6 cm³/mol. The molecule has 1 amide bonds. The second-order valence-corrected chi connectivity index (χ2v) is 5.72. The van der Waals surface area contributed by atoms with Crippen molar-refractivity contribution in [1.82, 2.24) is 15.5 Å². The van der Waals surface area contributed by atoms with Gasteiger partial charge in [0.2, 0.25) is 5.91 Å². The van der Waals surface area contributed by atoms with Gasteiger partial charge < -0.3 is 10.6 Å². The smallest absolute Gasteiger partial charge is 0.237 e. The first-order chi connectivity index (χ1) is 8.47. The molecule has 0 aliphatic carbocycles. The molecule has 1 aliphatic rings. The van der Waals surface area contributed by atoms with E-state index in [1.807, 2.05) is 27.8 Å². The van der Waals surface area contributed by atoms with Gasteiger partial charge in [-0.1, -0.05) is 6.42 Å². The minimum Gasteiger partial charge on any atom is -0.353 e. The van der Waals surface area contributed by atoms with Crippen molar-refractivity contribution >= 4 is 5.91 Å². The highest BCUT2D eigenvalue weighted by molar-refractivity contribution is 5.81. The largest absolute Gasteiger partial charge is 0.353 e. The Balaban J connectivity index is 2.67. The van der Waals surface area contributed by atoms with Crippen LogP contribution in [-0.4, -0.2) is 48.6 Å². The Morgan fingerprint density at radius 1 is 1.22 bits per heavy atom.